The Kier molecular flexibility index (Phi) is 4.84. The highest BCUT2D eigenvalue weighted by Crippen LogP contribution is 2.38. The molecule has 2 aromatic rings. The van der Waals surface area contributed by atoms with Crippen molar-refractivity contribution >= 4 is 11.8 Å². The minimum Gasteiger partial charge on any atom is -0.494 e. The lowest BCUT2D eigenvalue weighted by molar-refractivity contribution is 0.0679. The summed E-state index contributed by atoms with van der Waals surface area (Å²) in [6.45, 7) is 3.25. The molecule has 1 saturated heterocycles. The summed E-state index contributed by atoms with van der Waals surface area (Å²) in [4.78, 5) is 27.2. The van der Waals surface area contributed by atoms with Gasteiger partial charge in [-0.1, -0.05) is 18.2 Å². The van der Waals surface area contributed by atoms with Gasteiger partial charge in [0, 0.05) is 29.8 Å². The van der Waals surface area contributed by atoms with Crippen LogP contribution in [0.25, 0.3) is 0 Å². The lowest BCUT2D eigenvalue weighted by Crippen LogP contribution is -2.47. The second-order valence-electron chi connectivity index (χ2n) is 7.25. The highest BCUT2D eigenvalue weighted by molar-refractivity contribution is 5.95. The van der Waals surface area contributed by atoms with Crippen molar-refractivity contribution in [3.63, 3.8) is 0 Å². The molecule has 2 amide bonds. The highest BCUT2D eigenvalue weighted by atomic mass is 16.5. The number of rotatable bonds is 5. The van der Waals surface area contributed by atoms with Crippen LogP contribution in [0.4, 0.5) is 0 Å². The third-order valence-corrected chi connectivity index (χ3v) is 5.57. The second kappa shape index (κ2) is 7.43. The van der Waals surface area contributed by atoms with Crippen LogP contribution < -0.4 is 10.1 Å². The monoisotopic (exact) mass is 364 g/mol. The van der Waals surface area contributed by atoms with Crippen molar-refractivity contribution in [1.82, 2.24) is 10.2 Å². The molecule has 0 aromatic heterocycles. The SMILES string of the molecule is CCOc1ccc(C(=O)N2C[C@@H]3C[C@H]2C[C@@H]3NC(=O)c2ccccc2)cc1. The first-order valence-electron chi connectivity index (χ1n) is 9.55. The van der Waals surface area contributed by atoms with Crippen LogP contribution in [0.2, 0.25) is 0 Å². The Labute approximate surface area is 159 Å². The number of nitrogens with zero attached hydrogens (tertiary/aromatic N) is 1. The molecule has 4 rings (SSSR count). The van der Waals surface area contributed by atoms with E-state index in [2.05, 4.69) is 5.32 Å². The molecule has 0 spiro atoms. The van der Waals surface area contributed by atoms with Crippen molar-refractivity contribution in [3.8, 4) is 5.75 Å². The summed E-state index contributed by atoms with van der Waals surface area (Å²) < 4.78 is 5.44. The van der Waals surface area contributed by atoms with Crippen LogP contribution in [-0.2, 0) is 0 Å². The molecule has 2 bridgehead atoms. The molecular formula is C22H24N2O3. The van der Waals surface area contributed by atoms with E-state index in [-0.39, 0.29) is 23.9 Å². The number of carbonyl (C=O) groups excluding carboxylic acids is 2. The van der Waals surface area contributed by atoms with Gasteiger partial charge in [0.05, 0.1) is 6.61 Å². The molecular weight excluding hydrogens is 340 g/mol. The summed E-state index contributed by atoms with van der Waals surface area (Å²) in [5.41, 5.74) is 1.37. The van der Waals surface area contributed by atoms with Crippen LogP contribution >= 0.6 is 0 Å². The fraction of sp³-hybridized carbons (Fsp3) is 0.364. The van der Waals surface area contributed by atoms with Gasteiger partial charge in [0.15, 0.2) is 0 Å². The normalized spacial score (nSPS) is 23.3. The number of benzene rings is 2. The van der Waals surface area contributed by atoms with Crippen molar-refractivity contribution in [1.29, 1.82) is 0 Å². The molecule has 5 heteroatoms. The van der Waals surface area contributed by atoms with Gasteiger partial charge in [-0.3, -0.25) is 9.59 Å². The van der Waals surface area contributed by atoms with Gasteiger partial charge in [0.2, 0.25) is 0 Å². The number of hydrogen-bond donors (Lipinski definition) is 1. The van der Waals surface area contributed by atoms with Crippen LogP contribution in [0.3, 0.4) is 0 Å². The first-order chi connectivity index (χ1) is 13.2. The zero-order valence-corrected chi connectivity index (χ0v) is 15.4. The lowest BCUT2D eigenvalue weighted by Gasteiger charge is -2.32. The maximum absolute atomic E-state index is 12.9. The Morgan fingerprint density at radius 1 is 1.04 bits per heavy atom. The highest BCUT2D eigenvalue weighted by Gasteiger charge is 2.47. The zero-order valence-electron chi connectivity index (χ0n) is 15.4. The smallest absolute Gasteiger partial charge is 0.254 e. The Bertz CT molecular complexity index is 819. The van der Waals surface area contributed by atoms with E-state index in [1.165, 1.54) is 0 Å². The summed E-state index contributed by atoms with van der Waals surface area (Å²) in [5, 5.41) is 3.15. The molecule has 2 fully saturated rings. The molecule has 0 radical (unpaired) electrons. The molecule has 1 aliphatic carbocycles. The Morgan fingerprint density at radius 2 is 1.78 bits per heavy atom. The first kappa shape index (κ1) is 17.6. The van der Waals surface area contributed by atoms with Crippen molar-refractivity contribution in [2.24, 2.45) is 5.92 Å². The van der Waals surface area contributed by atoms with E-state index < -0.39 is 0 Å². The van der Waals surface area contributed by atoms with Crippen molar-refractivity contribution in [3.05, 3.63) is 65.7 Å². The van der Waals surface area contributed by atoms with E-state index >= 15 is 0 Å². The maximum atomic E-state index is 12.9. The van der Waals surface area contributed by atoms with E-state index in [0.717, 1.165) is 18.6 Å². The molecule has 2 aliphatic rings. The summed E-state index contributed by atoms with van der Waals surface area (Å²) >= 11 is 0. The van der Waals surface area contributed by atoms with Gasteiger partial charge in [-0.05, 0) is 62.1 Å². The van der Waals surface area contributed by atoms with Crippen LogP contribution in [-0.4, -0.2) is 41.9 Å². The molecule has 1 saturated carbocycles. The fourth-order valence-electron chi connectivity index (χ4n) is 4.25. The van der Waals surface area contributed by atoms with Gasteiger partial charge in [-0.25, -0.2) is 0 Å². The third kappa shape index (κ3) is 3.54. The Morgan fingerprint density at radius 3 is 2.41 bits per heavy atom. The first-order valence-corrected chi connectivity index (χ1v) is 9.55. The minimum atomic E-state index is -0.0301. The molecule has 1 N–H and O–H groups in total. The molecule has 27 heavy (non-hydrogen) atoms. The summed E-state index contributed by atoms with van der Waals surface area (Å²) in [6.07, 6.45) is 1.79. The largest absolute Gasteiger partial charge is 0.494 e. The quantitative estimate of drug-likeness (QED) is 0.887. The van der Waals surface area contributed by atoms with E-state index in [1.807, 2.05) is 66.4 Å². The number of nitrogens with one attached hydrogen (secondary N) is 1. The van der Waals surface area contributed by atoms with Gasteiger partial charge < -0.3 is 15.0 Å². The third-order valence-electron chi connectivity index (χ3n) is 5.57. The summed E-state index contributed by atoms with van der Waals surface area (Å²) in [7, 11) is 0. The van der Waals surface area contributed by atoms with E-state index in [4.69, 9.17) is 4.74 Å². The van der Waals surface area contributed by atoms with E-state index in [9.17, 15) is 9.59 Å². The molecule has 3 atom stereocenters. The molecule has 1 heterocycles. The van der Waals surface area contributed by atoms with E-state index in [1.54, 1.807) is 0 Å². The van der Waals surface area contributed by atoms with Crippen LogP contribution in [0, 0.1) is 5.92 Å². The molecule has 0 unspecified atom stereocenters. The Hall–Kier alpha value is -2.82. The molecule has 1 aliphatic heterocycles. The van der Waals surface area contributed by atoms with Gasteiger partial charge in [-0.2, -0.15) is 0 Å². The Balaban J connectivity index is 1.37. The second-order valence-corrected chi connectivity index (χ2v) is 7.25. The maximum Gasteiger partial charge on any atom is 0.254 e. The van der Waals surface area contributed by atoms with Crippen LogP contribution in [0.15, 0.2) is 54.6 Å². The number of amides is 2. The number of fused-ring (bicyclic) bond motifs is 2. The van der Waals surface area contributed by atoms with Crippen LogP contribution in [0.5, 0.6) is 5.75 Å². The summed E-state index contributed by atoms with van der Waals surface area (Å²) in [6, 6.07) is 17.0. The van der Waals surface area contributed by atoms with Crippen molar-refractivity contribution in [2.45, 2.75) is 31.8 Å². The van der Waals surface area contributed by atoms with Gasteiger partial charge in [0.1, 0.15) is 5.75 Å². The lowest BCUT2D eigenvalue weighted by atomic mass is 10.0. The molecule has 140 valence electrons. The molecule has 5 nitrogen and oxygen atoms in total. The fourth-order valence-corrected chi connectivity index (χ4v) is 4.25. The topological polar surface area (TPSA) is 58.6 Å². The average Bonchev–Trinajstić information content (AvgIpc) is 3.29. The molecule has 2 aromatic carbocycles. The number of ether oxygens (including phenoxy) is 1. The number of likely N-dealkylation sites (tertiary alicyclic amines) is 1. The average molecular weight is 364 g/mol. The zero-order chi connectivity index (χ0) is 18.8. The standard InChI is InChI=1S/C22H24N2O3/c1-2-27-19-10-8-16(9-11-19)22(26)24-14-17-12-18(24)13-20(17)23-21(25)15-6-4-3-5-7-15/h3-11,17-18,20H,2,12-14H2,1H3,(H,23,25)/t17-,18-,20-/m0/s1. The van der Waals surface area contributed by atoms with Crippen molar-refractivity contribution < 1.29 is 14.3 Å². The van der Waals surface area contributed by atoms with Gasteiger partial charge >= 0.3 is 0 Å². The predicted octanol–water partition coefficient (Wildman–Crippen LogP) is 3.12. The predicted molar refractivity (Wildman–Crippen MR) is 103 cm³/mol. The number of piperidine rings is 1. The minimum absolute atomic E-state index is 0.0301. The van der Waals surface area contributed by atoms with E-state index in [0.29, 0.717) is 30.2 Å². The van der Waals surface area contributed by atoms with Crippen LogP contribution in [0.1, 0.15) is 40.5 Å². The number of hydrogen-bond acceptors (Lipinski definition) is 3. The summed E-state index contributed by atoms with van der Waals surface area (Å²) in [5.74, 6) is 1.14. The van der Waals surface area contributed by atoms with Gasteiger partial charge in [0.25, 0.3) is 11.8 Å². The van der Waals surface area contributed by atoms with Crippen molar-refractivity contribution in [2.75, 3.05) is 13.2 Å². The van der Waals surface area contributed by atoms with Gasteiger partial charge in [-0.15, -0.1) is 0 Å². The number of carbonyl (C=O) groups is 2.